The van der Waals surface area contributed by atoms with Crippen LogP contribution >= 0.6 is 0 Å². The molecule has 1 aliphatic heterocycles. The maximum atomic E-state index is 12.9. The number of nitrogens with two attached hydrogens (primary N) is 1. The molecule has 2 unspecified atom stereocenters. The number of piperidine rings is 1. The van der Waals surface area contributed by atoms with Crippen molar-refractivity contribution in [2.75, 3.05) is 18.8 Å². The van der Waals surface area contributed by atoms with Crippen LogP contribution in [0.2, 0.25) is 0 Å². The topological polar surface area (TPSA) is 80.5 Å². The number of carbonyl (C=O) groups is 1. The van der Waals surface area contributed by atoms with Crippen LogP contribution < -0.4 is 5.73 Å². The van der Waals surface area contributed by atoms with Crippen molar-refractivity contribution in [2.24, 2.45) is 11.7 Å². The predicted molar refractivity (Wildman–Crippen MR) is 86.0 cm³/mol. The molecule has 0 bridgehead atoms. The number of sulfone groups is 1. The van der Waals surface area contributed by atoms with E-state index in [9.17, 15) is 17.6 Å². The molecular weight excluding hydrogens is 319 g/mol. The van der Waals surface area contributed by atoms with Crippen LogP contribution in [-0.2, 0) is 14.6 Å². The van der Waals surface area contributed by atoms with Gasteiger partial charge in [0, 0.05) is 25.0 Å². The van der Waals surface area contributed by atoms with Crippen LogP contribution in [0, 0.1) is 11.7 Å². The monoisotopic (exact) mass is 342 g/mol. The SMILES string of the molecule is CC(CS(=O)(=O)c1ccc(F)cc1)C(=O)N1CCCCC1CN. The van der Waals surface area contributed by atoms with Gasteiger partial charge in [-0.05, 0) is 43.5 Å². The quantitative estimate of drug-likeness (QED) is 0.824. The first-order valence-electron chi connectivity index (χ1n) is 7.84. The lowest BCUT2D eigenvalue weighted by atomic mass is 10.0. The average molecular weight is 342 g/mol. The van der Waals surface area contributed by atoms with Crippen molar-refractivity contribution in [1.82, 2.24) is 4.90 Å². The highest BCUT2D eigenvalue weighted by molar-refractivity contribution is 7.91. The van der Waals surface area contributed by atoms with E-state index in [1.807, 2.05) is 0 Å². The minimum absolute atomic E-state index is 0.00720. The van der Waals surface area contributed by atoms with Gasteiger partial charge in [0.1, 0.15) is 5.82 Å². The summed E-state index contributed by atoms with van der Waals surface area (Å²) in [5.41, 5.74) is 5.72. The van der Waals surface area contributed by atoms with Gasteiger partial charge in [0.25, 0.3) is 0 Å². The first kappa shape index (κ1) is 17.9. The Morgan fingerprint density at radius 1 is 1.35 bits per heavy atom. The third-order valence-electron chi connectivity index (χ3n) is 4.25. The summed E-state index contributed by atoms with van der Waals surface area (Å²) < 4.78 is 37.7. The maximum Gasteiger partial charge on any atom is 0.226 e. The van der Waals surface area contributed by atoms with E-state index < -0.39 is 21.6 Å². The molecule has 0 saturated carbocycles. The zero-order valence-electron chi connectivity index (χ0n) is 13.2. The minimum atomic E-state index is -3.63. The van der Waals surface area contributed by atoms with Crippen LogP contribution in [0.25, 0.3) is 0 Å². The van der Waals surface area contributed by atoms with Gasteiger partial charge in [-0.3, -0.25) is 4.79 Å². The molecule has 0 spiro atoms. The van der Waals surface area contributed by atoms with Crippen LogP contribution in [0.3, 0.4) is 0 Å². The molecule has 1 aromatic rings. The minimum Gasteiger partial charge on any atom is -0.338 e. The molecule has 7 heteroatoms. The molecule has 0 aromatic heterocycles. The van der Waals surface area contributed by atoms with E-state index in [1.165, 1.54) is 12.1 Å². The molecule has 2 N–H and O–H groups in total. The van der Waals surface area contributed by atoms with Crippen LogP contribution in [0.5, 0.6) is 0 Å². The lowest BCUT2D eigenvalue weighted by Crippen LogP contribution is -2.50. The van der Waals surface area contributed by atoms with Gasteiger partial charge in [-0.1, -0.05) is 6.92 Å². The van der Waals surface area contributed by atoms with Crippen molar-refractivity contribution in [3.8, 4) is 0 Å². The summed E-state index contributed by atoms with van der Waals surface area (Å²) in [6, 6.07) is 4.66. The van der Waals surface area contributed by atoms with Crippen molar-refractivity contribution in [2.45, 2.75) is 37.1 Å². The zero-order chi connectivity index (χ0) is 17.0. The summed E-state index contributed by atoms with van der Waals surface area (Å²) in [7, 11) is -3.63. The Balaban J connectivity index is 2.09. The van der Waals surface area contributed by atoms with Crippen LogP contribution in [0.15, 0.2) is 29.2 Å². The van der Waals surface area contributed by atoms with E-state index in [0.29, 0.717) is 13.1 Å². The van der Waals surface area contributed by atoms with Gasteiger partial charge in [-0.25, -0.2) is 12.8 Å². The van der Waals surface area contributed by atoms with Gasteiger partial charge in [0.2, 0.25) is 5.91 Å². The molecule has 128 valence electrons. The number of hydrogen-bond donors (Lipinski definition) is 1. The Labute approximate surface area is 136 Å². The third-order valence-corrected chi connectivity index (χ3v) is 6.18. The summed E-state index contributed by atoms with van der Waals surface area (Å²) >= 11 is 0. The molecule has 1 saturated heterocycles. The molecule has 1 aromatic carbocycles. The largest absolute Gasteiger partial charge is 0.338 e. The second-order valence-corrected chi connectivity index (χ2v) is 8.09. The van der Waals surface area contributed by atoms with Gasteiger partial charge >= 0.3 is 0 Å². The third kappa shape index (κ3) is 4.29. The standard InChI is InChI=1S/C16H23FN2O3S/c1-12(16(20)19-9-3-2-4-14(19)10-18)11-23(21,22)15-7-5-13(17)6-8-15/h5-8,12,14H,2-4,9-11,18H2,1H3. The highest BCUT2D eigenvalue weighted by atomic mass is 32.2. The number of halogens is 1. The number of carbonyl (C=O) groups excluding carboxylic acids is 1. The number of benzene rings is 1. The highest BCUT2D eigenvalue weighted by Crippen LogP contribution is 2.21. The second-order valence-electron chi connectivity index (χ2n) is 6.05. The molecule has 23 heavy (non-hydrogen) atoms. The molecule has 1 heterocycles. The van der Waals surface area contributed by atoms with Gasteiger partial charge in [0.15, 0.2) is 9.84 Å². The first-order chi connectivity index (χ1) is 10.8. The molecule has 5 nitrogen and oxygen atoms in total. The number of likely N-dealkylation sites (tertiary alicyclic amines) is 1. The molecule has 2 rings (SSSR count). The van der Waals surface area contributed by atoms with Crippen molar-refractivity contribution >= 4 is 15.7 Å². The Morgan fingerprint density at radius 3 is 2.61 bits per heavy atom. The predicted octanol–water partition coefficient (Wildman–Crippen LogP) is 1.58. The Bertz CT molecular complexity index is 646. The summed E-state index contributed by atoms with van der Waals surface area (Å²) in [5, 5.41) is 0. The van der Waals surface area contributed by atoms with Crippen LogP contribution in [-0.4, -0.2) is 44.1 Å². The van der Waals surface area contributed by atoms with E-state index in [-0.39, 0.29) is 22.6 Å². The van der Waals surface area contributed by atoms with Gasteiger partial charge < -0.3 is 10.6 Å². The van der Waals surface area contributed by atoms with Gasteiger partial charge in [0.05, 0.1) is 10.6 Å². The van der Waals surface area contributed by atoms with E-state index in [4.69, 9.17) is 5.73 Å². The fraction of sp³-hybridized carbons (Fsp3) is 0.562. The fourth-order valence-electron chi connectivity index (χ4n) is 2.96. The summed E-state index contributed by atoms with van der Waals surface area (Å²) in [4.78, 5) is 14.3. The maximum absolute atomic E-state index is 12.9. The summed E-state index contributed by atoms with van der Waals surface area (Å²) in [6.07, 6.45) is 2.81. The normalized spacial score (nSPS) is 20.3. The van der Waals surface area contributed by atoms with E-state index in [0.717, 1.165) is 31.4 Å². The molecule has 0 radical (unpaired) electrons. The molecule has 1 aliphatic rings. The van der Waals surface area contributed by atoms with Crippen molar-refractivity contribution in [3.05, 3.63) is 30.1 Å². The van der Waals surface area contributed by atoms with Crippen molar-refractivity contribution in [1.29, 1.82) is 0 Å². The number of nitrogens with zero attached hydrogens (tertiary/aromatic N) is 1. The second kappa shape index (κ2) is 7.40. The average Bonchev–Trinajstić information content (AvgIpc) is 2.54. The smallest absolute Gasteiger partial charge is 0.226 e. The molecule has 0 aliphatic carbocycles. The number of rotatable bonds is 5. The molecular formula is C16H23FN2O3S. The summed E-state index contributed by atoms with van der Waals surface area (Å²) in [6.45, 7) is 2.64. The lowest BCUT2D eigenvalue weighted by Gasteiger charge is -2.36. The Morgan fingerprint density at radius 2 is 2.00 bits per heavy atom. The van der Waals surface area contributed by atoms with Crippen LogP contribution in [0.4, 0.5) is 4.39 Å². The lowest BCUT2D eigenvalue weighted by molar-refractivity contribution is -0.137. The number of amides is 1. The van der Waals surface area contributed by atoms with Crippen molar-refractivity contribution in [3.63, 3.8) is 0 Å². The number of hydrogen-bond acceptors (Lipinski definition) is 4. The summed E-state index contributed by atoms with van der Waals surface area (Å²) in [5.74, 6) is -1.61. The Kier molecular flexibility index (Phi) is 5.75. The van der Waals surface area contributed by atoms with Crippen LogP contribution in [0.1, 0.15) is 26.2 Å². The molecule has 1 amide bonds. The fourth-order valence-corrected chi connectivity index (χ4v) is 4.50. The highest BCUT2D eigenvalue weighted by Gasteiger charge is 2.31. The van der Waals surface area contributed by atoms with E-state index >= 15 is 0 Å². The molecule has 1 fully saturated rings. The van der Waals surface area contributed by atoms with E-state index in [2.05, 4.69) is 0 Å². The van der Waals surface area contributed by atoms with Crippen molar-refractivity contribution < 1.29 is 17.6 Å². The first-order valence-corrected chi connectivity index (χ1v) is 9.49. The van der Waals surface area contributed by atoms with Gasteiger partial charge in [-0.2, -0.15) is 0 Å². The Hall–Kier alpha value is -1.47. The van der Waals surface area contributed by atoms with Gasteiger partial charge in [-0.15, -0.1) is 0 Å². The van der Waals surface area contributed by atoms with E-state index in [1.54, 1.807) is 11.8 Å². The zero-order valence-corrected chi connectivity index (χ0v) is 14.1. The molecule has 2 atom stereocenters.